The molecule has 19 heavy (non-hydrogen) atoms. The first kappa shape index (κ1) is 13.7. The monoisotopic (exact) mass is 283 g/mol. The van der Waals surface area contributed by atoms with Crippen molar-refractivity contribution in [1.29, 1.82) is 0 Å². The van der Waals surface area contributed by atoms with Crippen LogP contribution in [0.25, 0.3) is 0 Å². The number of hydrogen-bond donors (Lipinski definition) is 0. The van der Waals surface area contributed by atoms with E-state index < -0.39 is 4.92 Å². The number of ketones is 1. The quantitative estimate of drug-likeness (QED) is 0.629. The van der Waals surface area contributed by atoms with Crippen molar-refractivity contribution >= 4 is 28.9 Å². The smallest absolute Gasteiger partial charge is 0.313 e. The molecule has 7 heteroatoms. The summed E-state index contributed by atoms with van der Waals surface area (Å²) in [5.74, 6) is 0.236. The minimum Gasteiger partial charge on any atom is -0.341 e. The third-order valence-electron chi connectivity index (χ3n) is 3.25. The molecule has 0 radical (unpaired) electrons. The van der Waals surface area contributed by atoms with E-state index in [-0.39, 0.29) is 28.4 Å². The molecule has 1 aromatic rings. The summed E-state index contributed by atoms with van der Waals surface area (Å²) in [7, 11) is 0. The lowest BCUT2D eigenvalue weighted by Crippen LogP contribution is -2.44. The molecule has 1 saturated heterocycles. The lowest BCUT2D eigenvalue weighted by molar-refractivity contribution is -0.384. The first-order valence-corrected chi connectivity index (χ1v) is 6.45. The standard InChI is InChI=1S/C12H14ClN3O3/c1-8(17)10-4-2-3-5-15(10)12-11(16(18)19)6-9(13)7-14-12/h6-7,10H,2-5H2,1H3. The second-order valence-corrected chi connectivity index (χ2v) is 5.01. The first-order chi connectivity index (χ1) is 9.00. The van der Waals surface area contributed by atoms with Crippen LogP contribution in [0.2, 0.25) is 5.02 Å². The van der Waals surface area contributed by atoms with Crippen molar-refractivity contribution in [1.82, 2.24) is 4.98 Å². The Hall–Kier alpha value is -1.69. The van der Waals surface area contributed by atoms with Crippen LogP contribution >= 0.6 is 11.6 Å². The predicted molar refractivity (Wildman–Crippen MR) is 71.6 cm³/mol. The summed E-state index contributed by atoms with van der Waals surface area (Å²) in [6, 6.07) is 0.941. The van der Waals surface area contributed by atoms with Gasteiger partial charge in [-0.1, -0.05) is 11.6 Å². The van der Waals surface area contributed by atoms with Crippen molar-refractivity contribution in [3.63, 3.8) is 0 Å². The Morgan fingerprint density at radius 2 is 2.32 bits per heavy atom. The number of piperidine rings is 1. The van der Waals surface area contributed by atoms with Gasteiger partial charge < -0.3 is 4.90 Å². The van der Waals surface area contributed by atoms with Crippen LogP contribution in [0.3, 0.4) is 0 Å². The van der Waals surface area contributed by atoms with Crippen LogP contribution in [0.4, 0.5) is 11.5 Å². The average molecular weight is 284 g/mol. The van der Waals surface area contributed by atoms with Gasteiger partial charge >= 0.3 is 5.69 Å². The maximum Gasteiger partial charge on any atom is 0.313 e. The highest BCUT2D eigenvalue weighted by atomic mass is 35.5. The molecule has 1 fully saturated rings. The number of nitrogens with zero attached hydrogens (tertiary/aromatic N) is 3. The molecule has 1 aromatic heterocycles. The van der Waals surface area contributed by atoms with Gasteiger partial charge in [-0.25, -0.2) is 4.98 Å². The minimum atomic E-state index is -0.514. The fourth-order valence-electron chi connectivity index (χ4n) is 2.38. The third-order valence-corrected chi connectivity index (χ3v) is 3.46. The van der Waals surface area contributed by atoms with E-state index in [2.05, 4.69) is 4.98 Å². The van der Waals surface area contributed by atoms with E-state index in [1.807, 2.05) is 0 Å². The summed E-state index contributed by atoms with van der Waals surface area (Å²) in [6.45, 7) is 2.10. The molecule has 0 spiro atoms. The topological polar surface area (TPSA) is 76.3 Å². The predicted octanol–water partition coefficient (Wildman–Crippen LogP) is 2.59. The number of hydrogen-bond acceptors (Lipinski definition) is 5. The average Bonchev–Trinajstić information content (AvgIpc) is 2.38. The molecule has 1 atom stereocenters. The van der Waals surface area contributed by atoms with Gasteiger partial charge in [0.05, 0.1) is 16.0 Å². The summed E-state index contributed by atoms with van der Waals surface area (Å²) < 4.78 is 0. The van der Waals surface area contributed by atoms with Crippen LogP contribution < -0.4 is 4.90 Å². The molecule has 2 heterocycles. The van der Waals surface area contributed by atoms with Crippen LogP contribution in [0, 0.1) is 10.1 Å². The molecule has 102 valence electrons. The molecule has 1 unspecified atom stereocenters. The maximum atomic E-state index is 11.7. The lowest BCUT2D eigenvalue weighted by Gasteiger charge is -2.34. The molecule has 1 aliphatic heterocycles. The lowest BCUT2D eigenvalue weighted by atomic mass is 9.99. The summed E-state index contributed by atoms with van der Waals surface area (Å²) in [5.41, 5.74) is -0.152. The van der Waals surface area contributed by atoms with Crippen LogP contribution in [0.1, 0.15) is 26.2 Å². The molecular formula is C12H14ClN3O3. The molecule has 6 nitrogen and oxygen atoms in total. The van der Waals surface area contributed by atoms with Crippen molar-refractivity contribution in [2.75, 3.05) is 11.4 Å². The third kappa shape index (κ3) is 2.84. The summed E-state index contributed by atoms with van der Waals surface area (Å²) in [5, 5.41) is 11.3. The number of carbonyl (C=O) groups excluding carboxylic acids is 1. The molecule has 2 rings (SSSR count). The van der Waals surface area contributed by atoms with Gasteiger partial charge in [-0.2, -0.15) is 0 Å². The highest BCUT2D eigenvalue weighted by Gasteiger charge is 2.31. The number of aromatic nitrogens is 1. The second kappa shape index (κ2) is 5.52. The summed E-state index contributed by atoms with van der Waals surface area (Å²) in [6.07, 6.45) is 3.92. The van der Waals surface area contributed by atoms with E-state index in [0.29, 0.717) is 13.0 Å². The second-order valence-electron chi connectivity index (χ2n) is 4.57. The number of Topliss-reactive ketones (excluding diaryl/α,β-unsaturated/α-hetero) is 1. The molecule has 0 bridgehead atoms. The Morgan fingerprint density at radius 1 is 1.58 bits per heavy atom. The molecule has 0 amide bonds. The molecule has 0 aromatic carbocycles. The largest absolute Gasteiger partial charge is 0.341 e. The van der Waals surface area contributed by atoms with E-state index in [1.165, 1.54) is 19.2 Å². The number of halogens is 1. The van der Waals surface area contributed by atoms with Gasteiger partial charge in [-0.05, 0) is 26.2 Å². The van der Waals surface area contributed by atoms with Gasteiger partial charge in [0.25, 0.3) is 0 Å². The van der Waals surface area contributed by atoms with Gasteiger partial charge in [0.1, 0.15) is 0 Å². The molecule has 0 N–H and O–H groups in total. The van der Waals surface area contributed by atoms with E-state index in [0.717, 1.165) is 12.8 Å². The van der Waals surface area contributed by atoms with E-state index in [1.54, 1.807) is 4.90 Å². The SMILES string of the molecule is CC(=O)C1CCCCN1c1ncc(Cl)cc1[N+](=O)[O-]. The normalized spacial score (nSPS) is 19.3. The van der Waals surface area contributed by atoms with E-state index >= 15 is 0 Å². The van der Waals surface area contributed by atoms with Crippen molar-refractivity contribution in [2.45, 2.75) is 32.2 Å². The molecule has 1 aliphatic rings. The van der Waals surface area contributed by atoms with E-state index in [4.69, 9.17) is 11.6 Å². The maximum absolute atomic E-state index is 11.7. The molecular weight excluding hydrogens is 270 g/mol. The van der Waals surface area contributed by atoms with Crippen LogP contribution in [-0.4, -0.2) is 28.3 Å². The Kier molecular flexibility index (Phi) is 3.99. The Bertz CT molecular complexity index is 521. The van der Waals surface area contributed by atoms with Crippen molar-refractivity contribution in [3.8, 4) is 0 Å². The Balaban J connectivity index is 2.44. The zero-order chi connectivity index (χ0) is 14.0. The fourth-order valence-corrected chi connectivity index (χ4v) is 2.54. The Labute approximate surface area is 115 Å². The van der Waals surface area contributed by atoms with Gasteiger partial charge in [0, 0.05) is 18.8 Å². The first-order valence-electron chi connectivity index (χ1n) is 6.07. The van der Waals surface area contributed by atoms with Crippen LogP contribution in [0.5, 0.6) is 0 Å². The van der Waals surface area contributed by atoms with Crippen LogP contribution in [-0.2, 0) is 4.79 Å². The number of rotatable bonds is 3. The van der Waals surface area contributed by atoms with Gasteiger partial charge in [-0.3, -0.25) is 14.9 Å². The summed E-state index contributed by atoms with van der Waals surface area (Å²) >= 11 is 5.75. The van der Waals surface area contributed by atoms with Gasteiger partial charge in [0.15, 0.2) is 5.78 Å². The van der Waals surface area contributed by atoms with Crippen molar-refractivity contribution in [2.24, 2.45) is 0 Å². The molecule has 0 aliphatic carbocycles. The highest BCUT2D eigenvalue weighted by Crippen LogP contribution is 2.32. The van der Waals surface area contributed by atoms with Gasteiger partial charge in [-0.15, -0.1) is 0 Å². The number of pyridine rings is 1. The summed E-state index contributed by atoms with van der Waals surface area (Å²) in [4.78, 5) is 28.0. The Morgan fingerprint density at radius 3 is 2.95 bits per heavy atom. The fraction of sp³-hybridized carbons (Fsp3) is 0.500. The zero-order valence-electron chi connectivity index (χ0n) is 10.5. The number of nitro groups is 1. The highest BCUT2D eigenvalue weighted by molar-refractivity contribution is 6.30. The van der Waals surface area contributed by atoms with Crippen LogP contribution in [0.15, 0.2) is 12.3 Å². The minimum absolute atomic E-state index is 0.00532. The number of carbonyl (C=O) groups is 1. The van der Waals surface area contributed by atoms with Crippen molar-refractivity contribution < 1.29 is 9.72 Å². The van der Waals surface area contributed by atoms with Gasteiger partial charge in [0.2, 0.25) is 5.82 Å². The van der Waals surface area contributed by atoms with E-state index in [9.17, 15) is 14.9 Å². The number of anilines is 1. The zero-order valence-corrected chi connectivity index (χ0v) is 11.3. The van der Waals surface area contributed by atoms with Crippen molar-refractivity contribution in [3.05, 3.63) is 27.4 Å². The molecule has 0 saturated carbocycles.